The average molecular weight is 305 g/mol. The van der Waals surface area contributed by atoms with Crippen molar-refractivity contribution in [3.63, 3.8) is 0 Å². The fourth-order valence-electron chi connectivity index (χ4n) is 1.84. The largest absolute Gasteiger partial charge is 0.465 e. The van der Waals surface area contributed by atoms with Crippen LogP contribution >= 0.6 is 15.9 Å². The van der Waals surface area contributed by atoms with Gasteiger partial charge in [0.25, 0.3) is 6.02 Å². The number of nitrogens with zero attached hydrogens (tertiary/aromatic N) is 1. The molecule has 0 saturated heterocycles. The zero-order valence-electron chi connectivity index (χ0n) is 8.92. The summed E-state index contributed by atoms with van der Waals surface area (Å²) in [5.74, 6) is -0.496. The first-order valence-corrected chi connectivity index (χ1v) is 5.86. The van der Waals surface area contributed by atoms with Crippen LogP contribution in [0, 0.1) is 5.82 Å². The molecule has 0 aromatic heterocycles. The molecule has 0 fully saturated rings. The van der Waals surface area contributed by atoms with Gasteiger partial charge in [-0.05, 0) is 18.2 Å². The van der Waals surface area contributed by atoms with Crippen LogP contribution in [0.25, 0.3) is 0 Å². The molecule has 0 saturated carbocycles. The molecule has 0 radical (unpaired) electrons. The summed E-state index contributed by atoms with van der Waals surface area (Å²) in [7, 11) is 0. The van der Waals surface area contributed by atoms with Crippen LogP contribution in [0.15, 0.2) is 27.7 Å². The van der Waals surface area contributed by atoms with Gasteiger partial charge in [0.2, 0.25) is 0 Å². The van der Waals surface area contributed by atoms with Gasteiger partial charge in [-0.3, -0.25) is 0 Å². The quantitative estimate of drug-likeness (QED) is 0.912. The molecule has 0 aliphatic carbocycles. The molecule has 1 atom stereocenters. The van der Waals surface area contributed by atoms with E-state index in [9.17, 15) is 8.78 Å². The fourth-order valence-corrected chi connectivity index (χ4v) is 2.20. The summed E-state index contributed by atoms with van der Waals surface area (Å²) < 4.78 is 32.7. The number of hydrogen-bond donors (Lipinski definition) is 1. The number of ether oxygens (including phenoxy) is 1. The van der Waals surface area contributed by atoms with E-state index in [1.165, 1.54) is 12.1 Å². The van der Waals surface area contributed by atoms with E-state index in [0.717, 1.165) is 0 Å². The predicted molar refractivity (Wildman–Crippen MR) is 63.9 cm³/mol. The lowest BCUT2D eigenvalue weighted by Crippen LogP contribution is -2.38. The van der Waals surface area contributed by atoms with E-state index >= 15 is 0 Å². The molecule has 92 valence electrons. The first-order chi connectivity index (χ1) is 8.07. The van der Waals surface area contributed by atoms with Crippen LogP contribution < -0.4 is 5.73 Å². The summed E-state index contributed by atoms with van der Waals surface area (Å²) in [6.45, 7) is -0.588. The molecule has 1 aliphatic heterocycles. The van der Waals surface area contributed by atoms with E-state index in [0.29, 0.717) is 4.47 Å². The van der Waals surface area contributed by atoms with Crippen molar-refractivity contribution in [1.82, 2.24) is 0 Å². The van der Waals surface area contributed by atoms with Gasteiger partial charge >= 0.3 is 0 Å². The molecule has 1 aromatic carbocycles. The van der Waals surface area contributed by atoms with Gasteiger partial charge in [0.15, 0.2) is 0 Å². The van der Waals surface area contributed by atoms with Gasteiger partial charge in [0.05, 0.1) is 6.61 Å². The molecule has 0 unspecified atom stereocenters. The molecule has 0 spiro atoms. The van der Waals surface area contributed by atoms with Gasteiger partial charge in [-0.2, -0.15) is 0 Å². The molecule has 1 heterocycles. The summed E-state index contributed by atoms with van der Waals surface area (Å²) in [5, 5.41) is 0. The second kappa shape index (κ2) is 4.60. The Balaban J connectivity index is 2.54. The monoisotopic (exact) mass is 304 g/mol. The van der Waals surface area contributed by atoms with Gasteiger partial charge in [0.1, 0.15) is 18.0 Å². The van der Waals surface area contributed by atoms with Crippen LogP contribution in [0.1, 0.15) is 12.0 Å². The number of nitrogens with two attached hydrogens (primary N) is 1. The number of amidine groups is 1. The minimum absolute atomic E-state index is 0.103. The molecule has 2 rings (SSSR count). The standard InChI is InChI=1S/C11H11BrF2N2O/c12-7-1-2-9(14)8(5-7)11(6-13)3-4-17-10(15)16-11/h1-2,5H,3-4,6H2,(H2,15,16)/t11-/m1/s1. The number of benzene rings is 1. The van der Waals surface area contributed by atoms with Crippen LogP contribution in [0.3, 0.4) is 0 Å². The van der Waals surface area contributed by atoms with Crippen LogP contribution in [0.2, 0.25) is 0 Å². The third-order valence-corrected chi connectivity index (χ3v) is 3.23. The second-order valence-electron chi connectivity index (χ2n) is 3.84. The van der Waals surface area contributed by atoms with Crippen molar-refractivity contribution in [2.24, 2.45) is 10.7 Å². The molecule has 0 bridgehead atoms. The first kappa shape index (κ1) is 12.3. The maximum atomic E-state index is 13.8. The molecule has 17 heavy (non-hydrogen) atoms. The highest BCUT2D eigenvalue weighted by Gasteiger charge is 2.37. The van der Waals surface area contributed by atoms with Crippen LogP contribution in [-0.2, 0) is 10.3 Å². The Kier molecular flexibility index (Phi) is 3.33. The number of aliphatic imine (C=N–C) groups is 1. The van der Waals surface area contributed by atoms with Gasteiger partial charge in [-0.1, -0.05) is 15.9 Å². The van der Waals surface area contributed by atoms with Gasteiger partial charge in [0, 0.05) is 16.5 Å². The highest BCUT2D eigenvalue weighted by atomic mass is 79.9. The summed E-state index contributed by atoms with van der Waals surface area (Å²) >= 11 is 3.23. The molecule has 3 nitrogen and oxygen atoms in total. The van der Waals surface area contributed by atoms with E-state index < -0.39 is 18.0 Å². The highest BCUT2D eigenvalue weighted by molar-refractivity contribution is 9.10. The zero-order valence-corrected chi connectivity index (χ0v) is 10.5. The SMILES string of the molecule is NC1=N[C@](CF)(c2cc(Br)ccc2F)CCO1. The molecule has 1 aliphatic rings. The summed E-state index contributed by atoms with van der Waals surface area (Å²) in [5.41, 5.74) is 4.37. The molecule has 1 aromatic rings. The Morgan fingerprint density at radius 3 is 2.94 bits per heavy atom. The normalized spacial score (nSPS) is 24.1. The lowest BCUT2D eigenvalue weighted by molar-refractivity contribution is 0.178. The van der Waals surface area contributed by atoms with Crippen molar-refractivity contribution in [2.75, 3.05) is 13.3 Å². The van der Waals surface area contributed by atoms with Crippen molar-refractivity contribution in [1.29, 1.82) is 0 Å². The Morgan fingerprint density at radius 2 is 2.29 bits per heavy atom. The smallest absolute Gasteiger partial charge is 0.282 e. The van der Waals surface area contributed by atoms with E-state index in [2.05, 4.69) is 20.9 Å². The predicted octanol–water partition coefficient (Wildman–Crippen LogP) is 2.49. The van der Waals surface area contributed by atoms with Crippen molar-refractivity contribution in [3.05, 3.63) is 34.1 Å². The second-order valence-corrected chi connectivity index (χ2v) is 4.75. The average Bonchev–Trinajstić information content (AvgIpc) is 2.32. The summed E-state index contributed by atoms with van der Waals surface area (Å²) in [4.78, 5) is 3.94. The Labute approximate surface area is 106 Å². The van der Waals surface area contributed by atoms with Gasteiger partial charge < -0.3 is 10.5 Å². The Morgan fingerprint density at radius 1 is 1.53 bits per heavy atom. The van der Waals surface area contributed by atoms with Crippen molar-refractivity contribution >= 4 is 22.0 Å². The minimum Gasteiger partial charge on any atom is -0.465 e. The van der Waals surface area contributed by atoms with E-state index in [1.807, 2.05) is 0 Å². The molecule has 6 heteroatoms. The van der Waals surface area contributed by atoms with Gasteiger partial charge in [-0.25, -0.2) is 13.8 Å². The number of alkyl halides is 1. The third kappa shape index (κ3) is 2.26. The van der Waals surface area contributed by atoms with Crippen LogP contribution in [0.4, 0.5) is 8.78 Å². The Hall–Kier alpha value is -1.17. The number of hydrogen-bond acceptors (Lipinski definition) is 3. The topological polar surface area (TPSA) is 47.6 Å². The molecule has 2 N–H and O–H groups in total. The van der Waals surface area contributed by atoms with E-state index in [-0.39, 0.29) is 24.6 Å². The van der Waals surface area contributed by atoms with Crippen molar-refractivity contribution in [2.45, 2.75) is 12.0 Å². The molecule has 0 amide bonds. The third-order valence-electron chi connectivity index (χ3n) is 2.74. The van der Waals surface area contributed by atoms with Crippen molar-refractivity contribution < 1.29 is 13.5 Å². The Bertz CT molecular complexity index is 467. The van der Waals surface area contributed by atoms with Crippen LogP contribution in [-0.4, -0.2) is 19.3 Å². The van der Waals surface area contributed by atoms with Crippen LogP contribution in [0.5, 0.6) is 0 Å². The zero-order chi connectivity index (χ0) is 12.5. The van der Waals surface area contributed by atoms with E-state index in [1.54, 1.807) is 6.07 Å². The molecular formula is C11H11BrF2N2O. The summed E-state index contributed by atoms with van der Waals surface area (Å²) in [6, 6.07) is 4.25. The van der Waals surface area contributed by atoms with Crippen molar-refractivity contribution in [3.8, 4) is 0 Å². The fraction of sp³-hybridized carbons (Fsp3) is 0.364. The summed E-state index contributed by atoms with van der Waals surface area (Å²) in [6.07, 6.45) is 0.261. The minimum atomic E-state index is -1.27. The maximum absolute atomic E-state index is 13.8. The number of halogens is 3. The maximum Gasteiger partial charge on any atom is 0.282 e. The first-order valence-electron chi connectivity index (χ1n) is 5.07. The number of rotatable bonds is 2. The van der Waals surface area contributed by atoms with E-state index in [4.69, 9.17) is 10.5 Å². The molecular weight excluding hydrogens is 294 g/mol. The highest BCUT2D eigenvalue weighted by Crippen LogP contribution is 2.35. The lowest BCUT2D eigenvalue weighted by Gasteiger charge is -2.31. The lowest BCUT2D eigenvalue weighted by atomic mass is 9.88. The van der Waals surface area contributed by atoms with Gasteiger partial charge in [-0.15, -0.1) is 0 Å².